The zero-order valence-corrected chi connectivity index (χ0v) is 14.9. The van der Waals surface area contributed by atoms with Crippen LogP contribution in [0.2, 0.25) is 0 Å². The molecule has 1 fully saturated rings. The second-order valence-electron chi connectivity index (χ2n) is 6.84. The molecule has 1 saturated heterocycles. The molecular weight excluding hydrogens is 342 g/mol. The van der Waals surface area contributed by atoms with Crippen molar-refractivity contribution in [1.29, 1.82) is 0 Å². The number of amides is 1. The van der Waals surface area contributed by atoms with E-state index in [1.807, 2.05) is 60.7 Å². The third-order valence-electron chi connectivity index (χ3n) is 4.96. The van der Waals surface area contributed by atoms with Crippen molar-refractivity contribution in [3.05, 3.63) is 72.1 Å². The lowest BCUT2D eigenvalue weighted by molar-refractivity contribution is -0.131. The molecule has 0 saturated carbocycles. The third-order valence-corrected chi connectivity index (χ3v) is 4.96. The lowest BCUT2D eigenvalue weighted by Crippen LogP contribution is -2.34. The van der Waals surface area contributed by atoms with Gasteiger partial charge in [-0.15, -0.1) is 0 Å². The molecule has 4 rings (SSSR count). The van der Waals surface area contributed by atoms with Crippen LogP contribution in [-0.4, -0.2) is 39.1 Å². The Morgan fingerprint density at radius 1 is 1.11 bits per heavy atom. The lowest BCUT2D eigenvalue weighted by Gasteiger charge is -2.23. The molecule has 0 aliphatic carbocycles. The van der Waals surface area contributed by atoms with Crippen LogP contribution in [0.4, 0.5) is 0 Å². The van der Waals surface area contributed by atoms with E-state index in [-0.39, 0.29) is 12.3 Å². The molecule has 0 spiro atoms. The number of nitrogens with zero attached hydrogens (tertiary/aromatic N) is 3. The van der Waals surface area contributed by atoms with Gasteiger partial charge in [0, 0.05) is 24.9 Å². The minimum Gasteiger partial charge on any atom is -0.383 e. The third kappa shape index (κ3) is 3.75. The maximum Gasteiger partial charge on any atom is 0.227 e. The summed E-state index contributed by atoms with van der Waals surface area (Å²) in [5.74, 6) is 0.957. The largest absolute Gasteiger partial charge is 0.383 e. The van der Waals surface area contributed by atoms with E-state index < -0.39 is 5.60 Å². The van der Waals surface area contributed by atoms with Gasteiger partial charge in [-0.05, 0) is 12.0 Å². The van der Waals surface area contributed by atoms with Crippen LogP contribution >= 0.6 is 0 Å². The summed E-state index contributed by atoms with van der Waals surface area (Å²) in [7, 11) is 0. The van der Waals surface area contributed by atoms with Crippen molar-refractivity contribution in [1.82, 2.24) is 15.0 Å². The van der Waals surface area contributed by atoms with Crippen LogP contribution in [0, 0.1) is 0 Å². The number of likely N-dealkylation sites (tertiary alicyclic amines) is 1. The average Bonchev–Trinajstić information content (AvgIpc) is 3.35. The van der Waals surface area contributed by atoms with Gasteiger partial charge in [-0.1, -0.05) is 65.8 Å². The predicted octanol–water partition coefficient (Wildman–Crippen LogP) is 2.79. The highest BCUT2D eigenvalue weighted by atomic mass is 16.5. The number of aromatic nitrogens is 2. The molecule has 1 aliphatic heterocycles. The van der Waals surface area contributed by atoms with E-state index in [4.69, 9.17) is 4.52 Å². The summed E-state index contributed by atoms with van der Waals surface area (Å²) >= 11 is 0. The molecule has 0 unspecified atom stereocenters. The predicted molar refractivity (Wildman–Crippen MR) is 99.6 cm³/mol. The van der Waals surface area contributed by atoms with Crippen LogP contribution in [0.1, 0.15) is 24.3 Å². The fraction of sp³-hybridized carbons (Fsp3) is 0.286. The Labute approximate surface area is 157 Å². The van der Waals surface area contributed by atoms with Crippen molar-refractivity contribution in [2.24, 2.45) is 0 Å². The van der Waals surface area contributed by atoms with E-state index >= 15 is 0 Å². The molecule has 138 valence electrons. The summed E-state index contributed by atoms with van der Waals surface area (Å²) < 4.78 is 5.26. The van der Waals surface area contributed by atoms with Gasteiger partial charge in [0.15, 0.2) is 0 Å². The minimum atomic E-state index is -0.970. The van der Waals surface area contributed by atoms with E-state index in [2.05, 4.69) is 10.1 Å². The molecule has 2 heterocycles. The van der Waals surface area contributed by atoms with E-state index in [9.17, 15) is 9.90 Å². The Kier molecular flexibility index (Phi) is 4.73. The number of aliphatic hydroxyl groups is 1. The number of aryl methyl sites for hydroxylation is 1. The Bertz CT molecular complexity index is 911. The van der Waals surface area contributed by atoms with Gasteiger partial charge < -0.3 is 14.5 Å². The van der Waals surface area contributed by atoms with Crippen LogP contribution in [0.15, 0.2) is 65.2 Å². The lowest BCUT2D eigenvalue weighted by atomic mass is 9.93. The molecule has 1 amide bonds. The van der Waals surface area contributed by atoms with Gasteiger partial charge in [0.05, 0.1) is 6.54 Å². The topological polar surface area (TPSA) is 79.5 Å². The van der Waals surface area contributed by atoms with Crippen LogP contribution in [0.3, 0.4) is 0 Å². The maximum atomic E-state index is 12.5. The van der Waals surface area contributed by atoms with Gasteiger partial charge in [-0.25, -0.2) is 0 Å². The van der Waals surface area contributed by atoms with E-state index in [1.165, 1.54) is 0 Å². The molecule has 1 aliphatic rings. The summed E-state index contributed by atoms with van der Waals surface area (Å²) in [5, 5.41) is 14.8. The summed E-state index contributed by atoms with van der Waals surface area (Å²) in [6.45, 7) is 0.859. The van der Waals surface area contributed by atoms with E-state index in [0.29, 0.717) is 37.6 Å². The zero-order chi connectivity index (χ0) is 18.7. The molecule has 27 heavy (non-hydrogen) atoms. The van der Waals surface area contributed by atoms with Gasteiger partial charge in [0.2, 0.25) is 17.6 Å². The highest BCUT2D eigenvalue weighted by Crippen LogP contribution is 2.32. The van der Waals surface area contributed by atoms with Crippen LogP contribution in [-0.2, 0) is 16.8 Å². The van der Waals surface area contributed by atoms with E-state index in [0.717, 1.165) is 11.1 Å². The smallest absolute Gasteiger partial charge is 0.227 e. The Morgan fingerprint density at radius 2 is 1.81 bits per heavy atom. The molecule has 6 heteroatoms. The molecule has 1 N–H and O–H groups in total. The molecule has 3 aromatic rings. The highest BCUT2D eigenvalue weighted by Gasteiger charge is 2.39. The molecule has 6 nitrogen and oxygen atoms in total. The number of hydrogen-bond acceptors (Lipinski definition) is 5. The monoisotopic (exact) mass is 363 g/mol. The fourth-order valence-corrected chi connectivity index (χ4v) is 3.42. The SMILES string of the molecule is O=C(CCc1nc(-c2ccccc2)no1)N1CC[C@](O)(c2ccccc2)C1. The number of rotatable bonds is 5. The van der Waals surface area contributed by atoms with Crippen LogP contribution < -0.4 is 0 Å². The van der Waals surface area contributed by atoms with Crippen molar-refractivity contribution < 1.29 is 14.4 Å². The fourth-order valence-electron chi connectivity index (χ4n) is 3.42. The number of carbonyl (C=O) groups is 1. The molecule has 0 bridgehead atoms. The minimum absolute atomic E-state index is 0.0127. The Hall–Kier alpha value is -2.99. The number of hydrogen-bond donors (Lipinski definition) is 1. The Balaban J connectivity index is 1.35. The molecular formula is C21H21N3O3. The van der Waals surface area contributed by atoms with Crippen molar-refractivity contribution >= 4 is 5.91 Å². The van der Waals surface area contributed by atoms with Crippen LogP contribution in [0.5, 0.6) is 0 Å². The van der Waals surface area contributed by atoms with Crippen LogP contribution in [0.25, 0.3) is 11.4 Å². The highest BCUT2D eigenvalue weighted by molar-refractivity contribution is 5.76. The summed E-state index contributed by atoms with van der Waals surface area (Å²) in [6, 6.07) is 19.1. The Morgan fingerprint density at radius 3 is 2.56 bits per heavy atom. The number of β-amino-alcohol motifs (C(OH)–C–C–N with tert-alkyl or cyclic N) is 1. The number of carbonyl (C=O) groups excluding carboxylic acids is 1. The summed E-state index contributed by atoms with van der Waals surface area (Å²) in [5.41, 5.74) is 0.762. The van der Waals surface area contributed by atoms with Crippen molar-refractivity contribution in [3.8, 4) is 11.4 Å². The summed E-state index contributed by atoms with van der Waals surface area (Å²) in [6.07, 6.45) is 1.21. The zero-order valence-electron chi connectivity index (χ0n) is 14.9. The second-order valence-corrected chi connectivity index (χ2v) is 6.84. The molecule has 0 radical (unpaired) electrons. The maximum absolute atomic E-state index is 12.5. The standard InChI is InChI=1S/C21H21N3O3/c25-19(24-14-13-21(26,15-24)17-9-5-2-6-10-17)12-11-18-22-20(23-27-18)16-7-3-1-4-8-16/h1-10,26H,11-15H2/t21-/m1/s1. The van der Waals surface area contributed by atoms with Gasteiger partial charge >= 0.3 is 0 Å². The average molecular weight is 363 g/mol. The van der Waals surface area contributed by atoms with Crippen molar-refractivity contribution in [2.75, 3.05) is 13.1 Å². The molecule has 1 aromatic heterocycles. The van der Waals surface area contributed by atoms with E-state index in [1.54, 1.807) is 4.90 Å². The first-order valence-corrected chi connectivity index (χ1v) is 9.08. The summed E-state index contributed by atoms with van der Waals surface area (Å²) in [4.78, 5) is 18.6. The molecule has 1 atom stereocenters. The second kappa shape index (κ2) is 7.32. The van der Waals surface area contributed by atoms with Crippen molar-refractivity contribution in [2.45, 2.75) is 24.9 Å². The van der Waals surface area contributed by atoms with Gasteiger partial charge in [-0.3, -0.25) is 4.79 Å². The van der Waals surface area contributed by atoms with Gasteiger partial charge in [0.25, 0.3) is 0 Å². The van der Waals surface area contributed by atoms with Gasteiger partial charge in [0.1, 0.15) is 5.60 Å². The first-order chi connectivity index (χ1) is 13.1. The first kappa shape index (κ1) is 17.4. The van der Waals surface area contributed by atoms with Crippen molar-refractivity contribution in [3.63, 3.8) is 0 Å². The normalized spacial score (nSPS) is 19.4. The number of benzene rings is 2. The van der Waals surface area contributed by atoms with Gasteiger partial charge in [-0.2, -0.15) is 4.98 Å². The quantitative estimate of drug-likeness (QED) is 0.754. The first-order valence-electron chi connectivity index (χ1n) is 9.08. The molecule has 2 aromatic carbocycles.